The highest BCUT2D eigenvalue weighted by Crippen LogP contribution is 2.46. The monoisotopic (exact) mass is 155 g/mol. The van der Waals surface area contributed by atoms with E-state index in [1.807, 2.05) is 0 Å². The van der Waals surface area contributed by atoms with Crippen LogP contribution in [-0.4, -0.2) is 24.8 Å². The van der Waals surface area contributed by atoms with E-state index in [1.165, 1.54) is 32.2 Å². The summed E-state index contributed by atoms with van der Waals surface area (Å²) in [7, 11) is 0. The molecule has 2 fully saturated rings. The molecule has 2 rings (SSSR count). The molecule has 1 saturated heterocycles. The summed E-state index contributed by atoms with van der Waals surface area (Å²) in [5.74, 6) is 0.532. The molecular weight excluding hydrogens is 138 g/mol. The lowest BCUT2D eigenvalue weighted by Crippen LogP contribution is -2.49. The fourth-order valence-electron chi connectivity index (χ4n) is 2.48. The summed E-state index contributed by atoms with van der Waals surface area (Å²) in [4.78, 5) is 0. The first-order chi connectivity index (χ1) is 5.35. The topological polar surface area (TPSA) is 32.3 Å². The Bertz CT molecular complexity index is 142. The van der Waals surface area contributed by atoms with Crippen molar-refractivity contribution >= 4 is 0 Å². The molecule has 2 heteroatoms. The molecule has 0 aromatic rings. The van der Waals surface area contributed by atoms with Gasteiger partial charge in [0.2, 0.25) is 0 Å². The summed E-state index contributed by atoms with van der Waals surface area (Å²) in [5.41, 5.74) is 0.603. The molecule has 2 N–H and O–H groups in total. The Morgan fingerprint density at radius 3 is 2.82 bits per heavy atom. The van der Waals surface area contributed by atoms with Crippen LogP contribution in [0.5, 0.6) is 0 Å². The molecule has 1 heterocycles. The molecule has 1 aliphatic carbocycles. The fraction of sp³-hybridized carbons (Fsp3) is 1.00. The number of hydrogen-bond acceptors (Lipinski definition) is 2. The lowest BCUT2D eigenvalue weighted by molar-refractivity contribution is 0.0420. The van der Waals surface area contributed by atoms with Gasteiger partial charge >= 0.3 is 0 Å². The summed E-state index contributed by atoms with van der Waals surface area (Å²) in [5, 5.41) is 12.4. The van der Waals surface area contributed by atoms with Crippen LogP contribution in [0.1, 0.15) is 25.7 Å². The average Bonchev–Trinajstić information content (AvgIpc) is 2.02. The number of aliphatic hydroxyl groups excluding tert-OH is 1. The highest BCUT2D eigenvalue weighted by molar-refractivity contribution is 4.94. The van der Waals surface area contributed by atoms with E-state index >= 15 is 0 Å². The van der Waals surface area contributed by atoms with Gasteiger partial charge in [-0.05, 0) is 30.6 Å². The van der Waals surface area contributed by atoms with E-state index in [4.69, 9.17) is 5.11 Å². The van der Waals surface area contributed by atoms with Gasteiger partial charge in [0.1, 0.15) is 0 Å². The lowest BCUT2D eigenvalue weighted by atomic mass is 9.63. The van der Waals surface area contributed by atoms with Crippen LogP contribution in [0.3, 0.4) is 0 Å². The van der Waals surface area contributed by atoms with Crippen LogP contribution < -0.4 is 5.32 Å². The van der Waals surface area contributed by atoms with E-state index in [0.717, 1.165) is 6.54 Å². The third kappa shape index (κ3) is 1.30. The Morgan fingerprint density at radius 1 is 1.45 bits per heavy atom. The second-order valence-electron chi connectivity index (χ2n) is 4.24. The van der Waals surface area contributed by atoms with Crippen LogP contribution in [0.2, 0.25) is 0 Å². The molecule has 0 aromatic carbocycles. The molecule has 64 valence electrons. The number of rotatable bonds is 1. The first-order valence-electron chi connectivity index (χ1n) is 4.66. The van der Waals surface area contributed by atoms with Crippen molar-refractivity contribution in [2.75, 3.05) is 19.7 Å². The maximum absolute atomic E-state index is 9.00. The molecule has 2 aliphatic rings. The lowest BCUT2D eigenvalue weighted by Gasteiger charge is -2.47. The summed E-state index contributed by atoms with van der Waals surface area (Å²) in [6, 6.07) is 0. The van der Waals surface area contributed by atoms with Crippen LogP contribution in [0.25, 0.3) is 0 Å². The summed E-state index contributed by atoms with van der Waals surface area (Å²) in [6.45, 7) is 2.59. The van der Waals surface area contributed by atoms with Crippen LogP contribution in [0.4, 0.5) is 0 Å². The van der Waals surface area contributed by atoms with Crippen molar-refractivity contribution < 1.29 is 5.11 Å². The Kier molecular flexibility index (Phi) is 1.90. The number of nitrogens with one attached hydrogen (secondary N) is 1. The van der Waals surface area contributed by atoms with Crippen LogP contribution in [-0.2, 0) is 0 Å². The molecule has 0 bridgehead atoms. The Balaban J connectivity index is 1.92. The molecule has 0 aromatic heterocycles. The van der Waals surface area contributed by atoms with Crippen molar-refractivity contribution in [2.24, 2.45) is 11.3 Å². The van der Waals surface area contributed by atoms with Gasteiger partial charge in [0, 0.05) is 19.7 Å². The van der Waals surface area contributed by atoms with Crippen molar-refractivity contribution in [3.8, 4) is 0 Å². The maximum atomic E-state index is 9.00. The third-order valence-corrected chi connectivity index (χ3v) is 3.33. The molecule has 11 heavy (non-hydrogen) atoms. The van der Waals surface area contributed by atoms with E-state index in [2.05, 4.69) is 5.32 Å². The Labute approximate surface area is 68.0 Å². The van der Waals surface area contributed by atoms with Crippen molar-refractivity contribution in [1.29, 1.82) is 0 Å². The van der Waals surface area contributed by atoms with Gasteiger partial charge in [0.15, 0.2) is 0 Å². The van der Waals surface area contributed by atoms with Crippen LogP contribution in [0.15, 0.2) is 0 Å². The predicted molar refractivity (Wildman–Crippen MR) is 44.3 cm³/mol. The SMILES string of the molecule is OCC1CNCC2(CCC2)C1. The van der Waals surface area contributed by atoms with Gasteiger partial charge in [0.25, 0.3) is 0 Å². The van der Waals surface area contributed by atoms with Crippen molar-refractivity contribution in [3.63, 3.8) is 0 Å². The van der Waals surface area contributed by atoms with E-state index < -0.39 is 0 Å². The minimum absolute atomic E-state index is 0.370. The summed E-state index contributed by atoms with van der Waals surface area (Å²) < 4.78 is 0. The van der Waals surface area contributed by atoms with Gasteiger partial charge in [-0.1, -0.05) is 6.42 Å². The van der Waals surface area contributed by atoms with E-state index in [-0.39, 0.29) is 0 Å². The maximum Gasteiger partial charge on any atom is 0.0471 e. The number of hydrogen-bond donors (Lipinski definition) is 2. The van der Waals surface area contributed by atoms with Gasteiger partial charge < -0.3 is 10.4 Å². The zero-order valence-electron chi connectivity index (χ0n) is 6.97. The molecule has 0 radical (unpaired) electrons. The second kappa shape index (κ2) is 2.76. The second-order valence-corrected chi connectivity index (χ2v) is 4.24. The van der Waals surface area contributed by atoms with Crippen molar-refractivity contribution in [2.45, 2.75) is 25.7 Å². The largest absolute Gasteiger partial charge is 0.396 e. The highest BCUT2D eigenvalue weighted by atomic mass is 16.3. The Morgan fingerprint density at radius 2 is 2.27 bits per heavy atom. The van der Waals surface area contributed by atoms with Crippen LogP contribution in [0, 0.1) is 11.3 Å². The first kappa shape index (κ1) is 7.56. The predicted octanol–water partition coefficient (Wildman–Crippen LogP) is 0.758. The minimum Gasteiger partial charge on any atom is -0.396 e. The molecule has 1 atom stereocenters. The van der Waals surface area contributed by atoms with Crippen molar-refractivity contribution in [3.05, 3.63) is 0 Å². The molecule has 1 saturated carbocycles. The fourth-order valence-corrected chi connectivity index (χ4v) is 2.48. The first-order valence-corrected chi connectivity index (χ1v) is 4.66. The summed E-state index contributed by atoms with van der Waals surface area (Å²) >= 11 is 0. The average molecular weight is 155 g/mol. The van der Waals surface area contributed by atoms with E-state index in [9.17, 15) is 0 Å². The van der Waals surface area contributed by atoms with Gasteiger partial charge in [-0.15, -0.1) is 0 Å². The van der Waals surface area contributed by atoms with E-state index in [1.54, 1.807) is 0 Å². The highest BCUT2D eigenvalue weighted by Gasteiger charge is 2.40. The van der Waals surface area contributed by atoms with E-state index in [0.29, 0.717) is 17.9 Å². The molecule has 1 spiro atoms. The number of piperidine rings is 1. The third-order valence-electron chi connectivity index (χ3n) is 3.33. The molecule has 1 unspecified atom stereocenters. The molecule has 1 aliphatic heterocycles. The summed E-state index contributed by atoms with van der Waals surface area (Å²) in [6.07, 6.45) is 5.43. The van der Waals surface area contributed by atoms with Crippen LogP contribution >= 0.6 is 0 Å². The van der Waals surface area contributed by atoms with Gasteiger partial charge in [0.05, 0.1) is 0 Å². The number of aliphatic hydroxyl groups is 1. The zero-order valence-corrected chi connectivity index (χ0v) is 6.97. The molecule has 2 nitrogen and oxygen atoms in total. The normalized spacial score (nSPS) is 35.2. The van der Waals surface area contributed by atoms with Crippen molar-refractivity contribution in [1.82, 2.24) is 5.32 Å². The van der Waals surface area contributed by atoms with Gasteiger partial charge in [-0.2, -0.15) is 0 Å². The minimum atomic E-state index is 0.370. The quantitative estimate of drug-likeness (QED) is 0.586. The zero-order chi connectivity index (χ0) is 7.73. The van der Waals surface area contributed by atoms with Gasteiger partial charge in [-0.3, -0.25) is 0 Å². The Hall–Kier alpha value is -0.0800. The van der Waals surface area contributed by atoms with Gasteiger partial charge in [-0.25, -0.2) is 0 Å². The standard InChI is InChI=1S/C9H17NO/c11-6-8-4-9(2-1-3-9)7-10-5-8/h8,10-11H,1-7H2. The smallest absolute Gasteiger partial charge is 0.0471 e. The molecule has 0 amide bonds. The molecular formula is C9H17NO.